The van der Waals surface area contributed by atoms with E-state index in [0.29, 0.717) is 25.0 Å². The lowest BCUT2D eigenvalue weighted by Gasteiger charge is -2.62. The molecule has 4 rings (SSSR count). The van der Waals surface area contributed by atoms with Gasteiger partial charge in [0.2, 0.25) is 5.91 Å². The van der Waals surface area contributed by atoms with E-state index in [0.717, 1.165) is 58.2 Å². The van der Waals surface area contributed by atoms with Crippen LogP contribution >= 0.6 is 0 Å². The van der Waals surface area contributed by atoms with Crippen LogP contribution in [0.4, 0.5) is 0 Å². The first-order valence-electron chi connectivity index (χ1n) is 11.4. The van der Waals surface area contributed by atoms with Gasteiger partial charge in [0.15, 0.2) is 6.10 Å². The van der Waals surface area contributed by atoms with E-state index in [9.17, 15) is 9.59 Å². The van der Waals surface area contributed by atoms with Gasteiger partial charge in [-0.25, -0.2) is 0 Å². The van der Waals surface area contributed by atoms with E-state index in [2.05, 4.69) is 18.7 Å². The molecule has 158 valence electrons. The maximum atomic E-state index is 13.1. The third kappa shape index (κ3) is 3.58. The van der Waals surface area contributed by atoms with Gasteiger partial charge in [-0.05, 0) is 57.3 Å². The Morgan fingerprint density at radius 1 is 1.14 bits per heavy atom. The molecule has 28 heavy (non-hydrogen) atoms. The van der Waals surface area contributed by atoms with Crippen LogP contribution in [0.3, 0.4) is 0 Å². The number of β-lactam (4-membered cyclic amide) rings is 1. The smallest absolute Gasteiger partial charge is 0.254 e. The molecule has 6 heteroatoms. The number of carbonyl (C=O) groups is 2. The van der Waals surface area contributed by atoms with Gasteiger partial charge in [-0.2, -0.15) is 0 Å². The topological polar surface area (TPSA) is 59.1 Å². The molecule has 1 spiro atoms. The first kappa shape index (κ1) is 20.1. The number of rotatable bonds is 7. The molecule has 0 radical (unpaired) electrons. The molecule has 3 heterocycles. The van der Waals surface area contributed by atoms with Crippen LogP contribution in [0.1, 0.15) is 65.2 Å². The van der Waals surface area contributed by atoms with Gasteiger partial charge in [-0.15, -0.1) is 0 Å². The van der Waals surface area contributed by atoms with Gasteiger partial charge in [0.25, 0.3) is 5.91 Å². The van der Waals surface area contributed by atoms with Gasteiger partial charge >= 0.3 is 0 Å². The summed E-state index contributed by atoms with van der Waals surface area (Å²) in [6, 6.07) is 0.233. The SMILES string of the molecule is CCC(CC)C(=O)N1CCC(N2C(=O)C(OCC3CC3)C23CCOCC3)CC1. The lowest BCUT2D eigenvalue weighted by molar-refractivity contribution is -0.219. The molecule has 0 bridgehead atoms. The number of ether oxygens (including phenoxy) is 2. The summed E-state index contributed by atoms with van der Waals surface area (Å²) in [5.74, 6) is 1.28. The average Bonchev–Trinajstić information content (AvgIpc) is 3.55. The quantitative estimate of drug-likeness (QED) is 0.625. The van der Waals surface area contributed by atoms with E-state index in [1.807, 2.05) is 4.90 Å². The standard InChI is InChI=1S/C22H36N2O4/c1-3-17(4-2)20(25)23-11-7-18(8-12-23)24-21(26)19(28-15-16-5-6-16)22(24)9-13-27-14-10-22/h16-19H,3-15H2,1-2H3. The van der Waals surface area contributed by atoms with Crippen LogP contribution in [0, 0.1) is 11.8 Å². The zero-order valence-electron chi connectivity index (χ0n) is 17.5. The highest BCUT2D eigenvalue weighted by Crippen LogP contribution is 2.46. The molecule has 3 saturated heterocycles. The molecule has 1 aliphatic carbocycles. The molecule has 1 unspecified atom stereocenters. The zero-order valence-corrected chi connectivity index (χ0v) is 17.5. The van der Waals surface area contributed by atoms with Gasteiger partial charge in [0, 0.05) is 38.3 Å². The van der Waals surface area contributed by atoms with E-state index in [-0.39, 0.29) is 29.5 Å². The number of amides is 2. The second kappa shape index (κ2) is 8.31. The summed E-state index contributed by atoms with van der Waals surface area (Å²) in [7, 11) is 0. The van der Waals surface area contributed by atoms with Crippen LogP contribution in [-0.2, 0) is 19.1 Å². The van der Waals surface area contributed by atoms with Crippen molar-refractivity contribution in [3.63, 3.8) is 0 Å². The van der Waals surface area contributed by atoms with Crippen LogP contribution < -0.4 is 0 Å². The normalized spacial score (nSPS) is 28.1. The minimum Gasteiger partial charge on any atom is -0.381 e. The largest absolute Gasteiger partial charge is 0.381 e. The lowest BCUT2D eigenvalue weighted by Crippen LogP contribution is -2.79. The van der Waals surface area contributed by atoms with Crippen molar-refractivity contribution in [3.8, 4) is 0 Å². The maximum Gasteiger partial charge on any atom is 0.254 e. The molecule has 1 atom stereocenters. The third-order valence-electron chi connectivity index (χ3n) is 7.46. The Bertz CT molecular complexity index is 573. The maximum absolute atomic E-state index is 13.1. The van der Waals surface area contributed by atoms with Crippen molar-refractivity contribution in [2.24, 2.45) is 11.8 Å². The lowest BCUT2D eigenvalue weighted by atomic mass is 9.72. The van der Waals surface area contributed by atoms with E-state index < -0.39 is 0 Å². The Balaban J connectivity index is 1.39. The predicted octanol–water partition coefficient (Wildman–Crippen LogP) is 2.60. The average molecular weight is 393 g/mol. The Morgan fingerprint density at radius 3 is 2.36 bits per heavy atom. The highest BCUT2D eigenvalue weighted by Gasteiger charge is 2.63. The molecule has 4 aliphatic rings. The summed E-state index contributed by atoms with van der Waals surface area (Å²) in [4.78, 5) is 29.9. The number of likely N-dealkylation sites (tertiary alicyclic amines) is 2. The van der Waals surface area contributed by atoms with Gasteiger partial charge in [0.1, 0.15) is 0 Å². The van der Waals surface area contributed by atoms with Crippen LogP contribution in [-0.4, -0.2) is 72.2 Å². The second-order valence-corrected chi connectivity index (χ2v) is 9.15. The van der Waals surface area contributed by atoms with Crippen LogP contribution in [0.15, 0.2) is 0 Å². The first-order valence-corrected chi connectivity index (χ1v) is 11.4. The van der Waals surface area contributed by atoms with Crippen molar-refractivity contribution < 1.29 is 19.1 Å². The number of carbonyl (C=O) groups excluding carboxylic acids is 2. The molecule has 0 aromatic rings. The predicted molar refractivity (Wildman–Crippen MR) is 106 cm³/mol. The molecular weight excluding hydrogens is 356 g/mol. The summed E-state index contributed by atoms with van der Waals surface area (Å²) in [6.07, 6.45) is 7.54. The minimum atomic E-state index is -0.277. The molecule has 2 amide bonds. The van der Waals surface area contributed by atoms with E-state index in [1.54, 1.807) is 0 Å². The van der Waals surface area contributed by atoms with E-state index in [1.165, 1.54) is 12.8 Å². The zero-order chi connectivity index (χ0) is 19.7. The fourth-order valence-corrected chi connectivity index (χ4v) is 5.39. The second-order valence-electron chi connectivity index (χ2n) is 9.15. The van der Waals surface area contributed by atoms with Crippen molar-refractivity contribution in [2.75, 3.05) is 32.9 Å². The fourth-order valence-electron chi connectivity index (χ4n) is 5.39. The van der Waals surface area contributed by atoms with Crippen LogP contribution in [0.5, 0.6) is 0 Å². The number of hydrogen-bond acceptors (Lipinski definition) is 4. The first-order chi connectivity index (χ1) is 13.6. The molecule has 0 aromatic heterocycles. The molecule has 0 N–H and O–H groups in total. The molecule has 3 aliphatic heterocycles. The summed E-state index contributed by atoms with van der Waals surface area (Å²) >= 11 is 0. The fraction of sp³-hybridized carbons (Fsp3) is 0.909. The van der Waals surface area contributed by atoms with Gasteiger partial charge in [-0.1, -0.05) is 13.8 Å². The highest BCUT2D eigenvalue weighted by atomic mass is 16.5. The monoisotopic (exact) mass is 392 g/mol. The van der Waals surface area contributed by atoms with E-state index in [4.69, 9.17) is 9.47 Å². The molecule has 6 nitrogen and oxygen atoms in total. The summed E-state index contributed by atoms with van der Waals surface area (Å²) in [6.45, 7) is 7.86. The van der Waals surface area contributed by atoms with Gasteiger partial charge in [-0.3, -0.25) is 9.59 Å². The molecule has 1 saturated carbocycles. The Kier molecular flexibility index (Phi) is 5.98. The minimum absolute atomic E-state index is 0.143. The Labute approximate surface area is 168 Å². The molecule has 0 aromatic carbocycles. The highest BCUT2D eigenvalue weighted by molar-refractivity contribution is 5.91. The van der Waals surface area contributed by atoms with Gasteiger partial charge < -0.3 is 19.3 Å². The summed E-state index contributed by atoms with van der Waals surface area (Å²) < 4.78 is 11.7. The summed E-state index contributed by atoms with van der Waals surface area (Å²) in [5, 5.41) is 0. The molecule has 4 fully saturated rings. The van der Waals surface area contributed by atoms with Crippen molar-refractivity contribution >= 4 is 11.8 Å². The number of hydrogen-bond donors (Lipinski definition) is 0. The third-order valence-corrected chi connectivity index (χ3v) is 7.46. The van der Waals surface area contributed by atoms with Crippen molar-refractivity contribution in [3.05, 3.63) is 0 Å². The molecular formula is C22H36N2O4. The van der Waals surface area contributed by atoms with Crippen LogP contribution in [0.25, 0.3) is 0 Å². The summed E-state index contributed by atoms with van der Waals surface area (Å²) in [5.41, 5.74) is -0.170. The Morgan fingerprint density at radius 2 is 1.79 bits per heavy atom. The number of piperidine rings is 1. The van der Waals surface area contributed by atoms with Crippen molar-refractivity contribution in [1.29, 1.82) is 0 Å². The van der Waals surface area contributed by atoms with Crippen LogP contribution in [0.2, 0.25) is 0 Å². The van der Waals surface area contributed by atoms with Crippen molar-refractivity contribution in [1.82, 2.24) is 9.80 Å². The van der Waals surface area contributed by atoms with E-state index >= 15 is 0 Å². The number of nitrogens with zero attached hydrogens (tertiary/aromatic N) is 2. The van der Waals surface area contributed by atoms with Gasteiger partial charge in [0.05, 0.1) is 12.1 Å². The van der Waals surface area contributed by atoms with Crippen molar-refractivity contribution in [2.45, 2.75) is 82.9 Å². The Hall–Kier alpha value is -1.14.